The smallest absolute Gasteiger partial charge is 0.391 e. The summed E-state index contributed by atoms with van der Waals surface area (Å²) in [6.45, 7) is 1.84. The predicted molar refractivity (Wildman–Crippen MR) is 134 cm³/mol. The summed E-state index contributed by atoms with van der Waals surface area (Å²) in [5.74, 6) is 0. The van der Waals surface area contributed by atoms with Crippen LogP contribution in [0.2, 0.25) is 0 Å². The zero-order valence-electron chi connectivity index (χ0n) is 17.8. The first-order valence-corrected chi connectivity index (χ1v) is 10.9. The molecule has 0 amide bonds. The minimum absolute atomic E-state index is 0.919. The van der Waals surface area contributed by atoms with Crippen molar-refractivity contribution in [3.05, 3.63) is 132 Å². The zero-order valence-corrected chi connectivity index (χ0v) is 17.8. The summed E-state index contributed by atoms with van der Waals surface area (Å²) in [6, 6.07) is 42.7. The molecule has 0 saturated heterocycles. The molecule has 0 aliphatic rings. The van der Waals surface area contributed by atoms with E-state index in [1.54, 1.807) is 0 Å². The molecule has 3 heteroatoms. The summed E-state index contributed by atoms with van der Waals surface area (Å²) < 4.78 is 0. The van der Waals surface area contributed by atoms with Crippen LogP contribution in [0.15, 0.2) is 121 Å². The molecule has 1 radical (unpaired) electrons. The van der Waals surface area contributed by atoms with E-state index in [1.165, 1.54) is 22.5 Å². The number of benzene rings is 4. The Hall–Kier alpha value is -3.46. The van der Waals surface area contributed by atoms with Gasteiger partial charge < -0.3 is 9.62 Å². The van der Waals surface area contributed by atoms with E-state index in [4.69, 9.17) is 0 Å². The second kappa shape index (κ2) is 11.1. The minimum Gasteiger partial charge on any atom is -0.399 e. The van der Waals surface area contributed by atoms with Gasteiger partial charge in [-0.15, -0.1) is 0 Å². The number of rotatable bonds is 10. The van der Waals surface area contributed by atoms with Crippen LogP contribution in [-0.4, -0.2) is 20.6 Å². The lowest BCUT2D eigenvalue weighted by molar-refractivity contribution is 0.910. The van der Waals surface area contributed by atoms with Crippen molar-refractivity contribution >= 4 is 18.9 Å². The van der Waals surface area contributed by atoms with Crippen molar-refractivity contribution < 1.29 is 0 Å². The Balaban J connectivity index is 1.53. The van der Waals surface area contributed by atoms with Crippen molar-refractivity contribution in [2.45, 2.75) is 12.8 Å². The molecule has 2 nitrogen and oxygen atoms in total. The van der Waals surface area contributed by atoms with Gasteiger partial charge in [0.25, 0.3) is 0 Å². The van der Waals surface area contributed by atoms with E-state index in [-0.39, 0.29) is 0 Å². The lowest BCUT2D eigenvalue weighted by Crippen LogP contribution is -2.44. The Morgan fingerprint density at radius 2 is 0.742 bits per heavy atom. The fourth-order valence-electron chi connectivity index (χ4n) is 3.70. The molecular weight excluding hydrogens is 375 g/mol. The fraction of sp³-hybridized carbons (Fsp3) is 0.143. The van der Waals surface area contributed by atoms with Gasteiger partial charge >= 0.3 is 7.55 Å². The van der Waals surface area contributed by atoms with Gasteiger partial charge in [0.05, 0.1) is 0 Å². The summed E-state index contributed by atoms with van der Waals surface area (Å²) in [4.78, 5) is 4.73. The Kier molecular flexibility index (Phi) is 7.43. The van der Waals surface area contributed by atoms with E-state index in [2.05, 4.69) is 138 Å². The Bertz CT molecular complexity index is 923. The third-order valence-corrected chi connectivity index (χ3v) is 5.42. The summed E-state index contributed by atoms with van der Waals surface area (Å²) in [5.41, 5.74) is 5.12. The molecular formula is C28H28BN2. The highest BCUT2D eigenvalue weighted by molar-refractivity contribution is 6.46. The number of anilines is 2. The van der Waals surface area contributed by atoms with Crippen LogP contribution in [0.3, 0.4) is 0 Å². The SMILES string of the molecule is [B](N(CCc1ccccc1)c1ccccc1)N(CCc1ccccc1)c1ccccc1. The molecule has 0 aliphatic carbocycles. The quantitative estimate of drug-likeness (QED) is 0.299. The second-order valence-corrected chi connectivity index (χ2v) is 7.64. The average Bonchev–Trinajstić information content (AvgIpc) is 2.86. The van der Waals surface area contributed by atoms with E-state index in [1.807, 2.05) is 0 Å². The summed E-state index contributed by atoms with van der Waals surface area (Å²) >= 11 is 0. The van der Waals surface area contributed by atoms with Crippen molar-refractivity contribution in [3.8, 4) is 0 Å². The van der Waals surface area contributed by atoms with Crippen LogP contribution in [0.25, 0.3) is 0 Å². The summed E-state index contributed by atoms with van der Waals surface area (Å²) in [5, 5.41) is 0. The number of hydrogen-bond acceptors (Lipinski definition) is 2. The van der Waals surface area contributed by atoms with Gasteiger partial charge in [0.15, 0.2) is 0 Å². The molecule has 153 valence electrons. The Morgan fingerprint density at radius 3 is 1.10 bits per heavy atom. The van der Waals surface area contributed by atoms with Crippen molar-refractivity contribution in [3.63, 3.8) is 0 Å². The molecule has 0 N–H and O–H groups in total. The van der Waals surface area contributed by atoms with Gasteiger partial charge in [-0.05, 0) is 48.2 Å². The largest absolute Gasteiger partial charge is 0.399 e. The Labute approximate surface area is 187 Å². The molecule has 0 aromatic heterocycles. The van der Waals surface area contributed by atoms with Gasteiger partial charge in [-0.2, -0.15) is 0 Å². The fourth-order valence-corrected chi connectivity index (χ4v) is 3.70. The molecule has 0 atom stereocenters. The summed E-state index contributed by atoms with van der Waals surface area (Å²) in [7, 11) is 2.27. The topological polar surface area (TPSA) is 6.48 Å². The molecule has 0 aliphatic heterocycles. The van der Waals surface area contributed by atoms with Gasteiger partial charge in [-0.25, -0.2) is 0 Å². The van der Waals surface area contributed by atoms with Crippen LogP contribution in [0.5, 0.6) is 0 Å². The van der Waals surface area contributed by atoms with E-state index >= 15 is 0 Å². The molecule has 4 aromatic rings. The van der Waals surface area contributed by atoms with Gasteiger partial charge in [0, 0.05) is 24.5 Å². The maximum absolute atomic E-state index is 2.37. The minimum atomic E-state index is 0.919. The first-order chi connectivity index (χ1) is 15.4. The number of nitrogens with zero attached hydrogens (tertiary/aromatic N) is 2. The van der Waals surface area contributed by atoms with E-state index in [0.717, 1.165) is 25.9 Å². The van der Waals surface area contributed by atoms with Crippen molar-refractivity contribution in [2.24, 2.45) is 0 Å². The van der Waals surface area contributed by atoms with Gasteiger partial charge in [-0.1, -0.05) is 97.1 Å². The van der Waals surface area contributed by atoms with Gasteiger partial charge in [0.1, 0.15) is 0 Å². The lowest BCUT2D eigenvalue weighted by atomic mass is 9.97. The first-order valence-electron chi connectivity index (χ1n) is 10.9. The highest BCUT2D eigenvalue weighted by Gasteiger charge is 2.16. The molecule has 0 unspecified atom stereocenters. The number of hydrogen-bond donors (Lipinski definition) is 0. The van der Waals surface area contributed by atoms with Crippen molar-refractivity contribution in [1.29, 1.82) is 0 Å². The molecule has 31 heavy (non-hydrogen) atoms. The van der Waals surface area contributed by atoms with Crippen molar-refractivity contribution in [2.75, 3.05) is 22.7 Å². The van der Waals surface area contributed by atoms with Crippen LogP contribution in [0.1, 0.15) is 11.1 Å². The average molecular weight is 403 g/mol. The molecule has 0 spiro atoms. The highest BCUT2D eigenvalue weighted by atomic mass is 15.2. The van der Waals surface area contributed by atoms with Crippen LogP contribution < -0.4 is 9.62 Å². The molecule has 0 fully saturated rings. The lowest BCUT2D eigenvalue weighted by Gasteiger charge is -2.32. The molecule has 4 rings (SSSR count). The maximum atomic E-state index is 2.37. The van der Waals surface area contributed by atoms with Crippen LogP contribution in [0, 0.1) is 0 Å². The molecule has 0 heterocycles. The number of para-hydroxylation sites is 2. The highest BCUT2D eigenvalue weighted by Crippen LogP contribution is 2.19. The molecule has 0 bridgehead atoms. The van der Waals surface area contributed by atoms with Crippen molar-refractivity contribution in [1.82, 2.24) is 0 Å². The molecule has 0 saturated carbocycles. The van der Waals surface area contributed by atoms with E-state index < -0.39 is 0 Å². The monoisotopic (exact) mass is 403 g/mol. The standard InChI is InChI=1S/C28H28BN2/c1-5-13-25(14-6-1)21-23-30(27-17-9-3-10-18-27)29-31(28-19-11-4-12-20-28)24-22-26-15-7-2-8-16-26/h1-20H,21-24H2. The summed E-state index contributed by atoms with van der Waals surface area (Å²) in [6.07, 6.45) is 1.99. The Morgan fingerprint density at radius 1 is 0.419 bits per heavy atom. The van der Waals surface area contributed by atoms with Gasteiger partial charge in [0.2, 0.25) is 0 Å². The first kappa shape index (κ1) is 20.8. The van der Waals surface area contributed by atoms with Crippen LogP contribution in [0.4, 0.5) is 11.4 Å². The molecule has 4 aromatic carbocycles. The maximum Gasteiger partial charge on any atom is 0.391 e. The zero-order chi connectivity index (χ0) is 21.1. The van der Waals surface area contributed by atoms with E-state index in [9.17, 15) is 0 Å². The normalized spacial score (nSPS) is 10.5. The van der Waals surface area contributed by atoms with Gasteiger partial charge in [-0.3, -0.25) is 0 Å². The van der Waals surface area contributed by atoms with Crippen LogP contribution in [-0.2, 0) is 12.8 Å². The second-order valence-electron chi connectivity index (χ2n) is 7.64. The third-order valence-electron chi connectivity index (χ3n) is 5.42. The van der Waals surface area contributed by atoms with Crippen LogP contribution >= 0.6 is 0 Å². The van der Waals surface area contributed by atoms with E-state index in [0.29, 0.717) is 0 Å². The third kappa shape index (κ3) is 6.26. The predicted octanol–water partition coefficient (Wildman–Crippen LogP) is 6.02.